The predicted molar refractivity (Wildman–Crippen MR) is 132 cm³/mol. The largest absolute Gasteiger partial charge is 0.425 e. The standard InChI is InChI=1S/C26H23N7O2/c1-32-6-8-33(9-7-32)25-13-18(4-5-27-25)24(34)14-21-11-19-10-17(2-3-22(19)31-30-21)20-12-23-26(28-15-20)35-16-29-23/h2-5,10-13,15-16H,6-9,14H2,1H3. The lowest BCUT2D eigenvalue weighted by atomic mass is 10.0. The zero-order valence-electron chi connectivity index (χ0n) is 19.3. The molecule has 4 aromatic heterocycles. The second-order valence-electron chi connectivity index (χ2n) is 8.80. The molecule has 6 rings (SSSR count). The second kappa shape index (κ2) is 8.84. The number of aromatic nitrogens is 5. The van der Waals surface area contributed by atoms with Gasteiger partial charge in [-0.05, 0) is 49.0 Å². The topological polar surface area (TPSA) is 101 Å². The van der Waals surface area contributed by atoms with Gasteiger partial charge in [-0.1, -0.05) is 6.07 Å². The van der Waals surface area contributed by atoms with Gasteiger partial charge >= 0.3 is 0 Å². The molecule has 9 heteroatoms. The van der Waals surface area contributed by atoms with E-state index >= 15 is 0 Å². The molecule has 35 heavy (non-hydrogen) atoms. The molecule has 1 fully saturated rings. The molecule has 0 atom stereocenters. The summed E-state index contributed by atoms with van der Waals surface area (Å²) in [4.78, 5) is 30.6. The average molecular weight is 466 g/mol. The van der Waals surface area contributed by atoms with Crippen LogP contribution in [0.2, 0.25) is 0 Å². The highest BCUT2D eigenvalue weighted by Gasteiger charge is 2.17. The molecule has 0 bridgehead atoms. The lowest BCUT2D eigenvalue weighted by Gasteiger charge is -2.33. The summed E-state index contributed by atoms with van der Waals surface area (Å²) in [6, 6.07) is 13.4. The van der Waals surface area contributed by atoms with Gasteiger partial charge in [-0.2, -0.15) is 10.2 Å². The third-order valence-corrected chi connectivity index (χ3v) is 6.39. The van der Waals surface area contributed by atoms with Crippen LogP contribution in [-0.2, 0) is 6.42 Å². The average Bonchev–Trinajstić information content (AvgIpc) is 3.37. The fourth-order valence-corrected chi connectivity index (χ4v) is 4.34. The summed E-state index contributed by atoms with van der Waals surface area (Å²) in [5.41, 5.74) is 5.14. The van der Waals surface area contributed by atoms with Gasteiger partial charge in [0.2, 0.25) is 5.71 Å². The van der Waals surface area contributed by atoms with Crippen LogP contribution in [0.3, 0.4) is 0 Å². The van der Waals surface area contributed by atoms with E-state index in [1.54, 1.807) is 18.5 Å². The van der Waals surface area contributed by atoms with E-state index in [-0.39, 0.29) is 12.2 Å². The van der Waals surface area contributed by atoms with Crippen LogP contribution in [0.1, 0.15) is 16.1 Å². The molecule has 9 nitrogen and oxygen atoms in total. The summed E-state index contributed by atoms with van der Waals surface area (Å²) in [6.45, 7) is 3.77. The molecule has 0 N–H and O–H groups in total. The van der Waals surface area contributed by atoms with E-state index in [0.29, 0.717) is 22.5 Å². The fraction of sp³-hybridized carbons (Fsp3) is 0.231. The molecule has 0 unspecified atom stereocenters. The first kappa shape index (κ1) is 21.3. The van der Waals surface area contributed by atoms with E-state index in [2.05, 4.69) is 42.0 Å². The minimum absolute atomic E-state index is 0.00624. The third-order valence-electron chi connectivity index (χ3n) is 6.39. The Morgan fingerprint density at radius 1 is 0.914 bits per heavy atom. The molecular weight excluding hydrogens is 442 g/mol. The number of fused-ring (bicyclic) bond motifs is 2. The Morgan fingerprint density at radius 3 is 2.69 bits per heavy atom. The van der Waals surface area contributed by atoms with Crippen molar-refractivity contribution < 1.29 is 9.21 Å². The summed E-state index contributed by atoms with van der Waals surface area (Å²) in [6.07, 6.45) is 5.03. The van der Waals surface area contributed by atoms with Crippen LogP contribution in [0.25, 0.3) is 33.3 Å². The SMILES string of the molecule is CN1CCN(c2cc(C(=O)Cc3cc4cc(-c5cnc6ocnc6c5)ccc4nn3)ccn2)CC1. The van der Waals surface area contributed by atoms with Gasteiger partial charge in [0.05, 0.1) is 17.6 Å². The number of ketones is 1. The van der Waals surface area contributed by atoms with E-state index in [1.807, 2.05) is 36.4 Å². The van der Waals surface area contributed by atoms with Crippen molar-refractivity contribution >= 4 is 33.7 Å². The Kier molecular flexibility index (Phi) is 5.38. The third kappa shape index (κ3) is 4.33. The van der Waals surface area contributed by atoms with E-state index in [4.69, 9.17) is 4.42 Å². The van der Waals surface area contributed by atoms with E-state index in [9.17, 15) is 4.79 Å². The number of pyridine rings is 2. The number of anilines is 1. The maximum atomic E-state index is 13.1. The molecule has 174 valence electrons. The van der Waals surface area contributed by atoms with Crippen LogP contribution in [0.4, 0.5) is 5.82 Å². The first-order valence-electron chi connectivity index (χ1n) is 11.5. The van der Waals surface area contributed by atoms with Gasteiger partial charge in [-0.15, -0.1) is 0 Å². The Bertz CT molecular complexity index is 1540. The molecule has 0 radical (unpaired) electrons. The van der Waals surface area contributed by atoms with Crippen molar-refractivity contribution in [3.8, 4) is 11.1 Å². The molecule has 0 amide bonds. The lowest BCUT2D eigenvalue weighted by Crippen LogP contribution is -2.44. The highest BCUT2D eigenvalue weighted by atomic mass is 16.3. The molecule has 5 aromatic rings. The normalized spacial score (nSPS) is 14.6. The van der Waals surface area contributed by atoms with Crippen molar-refractivity contribution in [2.24, 2.45) is 0 Å². The second-order valence-corrected chi connectivity index (χ2v) is 8.80. The van der Waals surface area contributed by atoms with Crippen molar-refractivity contribution in [3.05, 3.63) is 72.5 Å². The van der Waals surface area contributed by atoms with E-state index in [1.165, 1.54) is 6.39 Å². The maximum Gasteiger partial charge on any atom is 0.246 e. The van der Waals surface area contributed by atoms with Gasteiger partial charge < -0.3 is 14.2 Å². The van der Waals surface area contributed by atoms with Gasteiger partial charge in [0, 0.05) is 55.1 Å². The summed E-state index contributed by atoms with van der Waals surface area (Å²) in [7, 11) is 2.12. The Hall–Kier alpha value is -4.24. The van der Waals surface area contributed by atoms with Crippen LogP contribution in [0, 0.1) is 0 Å². The molecule has 0 spiro atoms. The van der Waals surface area contributed by atoms with Gasteiger partial charge in [0.25, 0.3) is 0 Å². The number of benzene rings is 1. The van der Waals surface area contributed by atoms with Crippen LogP contribution in [0.5, 0.6) is 0 Å². The smallest absolute Gasteiger partial charge is 0.246 e. The quantitative estimate of drug-likeness (QED) is 0.361. The van der Waals surface area contributed by atoms with E-state index in [0.717, 1.165) is 54.0 Å². The zero-order valence-corrected chi connectivity index (χ0v) is 19.3. The number of piperazine rings is 1. The van der Waals surface area contributed by atoms with E-state index < -0.39 is 0 Å². The maximum absolute atomic E-state index is 13.1. The van der Waals surface area contributed by atoms with Crippen molar-refractivity contribution in [3.63, 3.8) is 0 Å². The predicted octanol–water partition coefficient (Wildman–Crippen LogP) is 3.41. The number of carbonyl (C=O) groups is 1. The van der Waals surface area contributed by atoms with Crippen molar-refractivity contribution in [2.45, 2.75) is 6.42 Å². The number of hydrogen-bond donors (Lipinski definition) is 0. The summed E-state index contributed by atoms with van der Waals surface area (Å²) in [5, 5.41) is 9.53. The number of rotatable bonds is 5. The summed E-state index contributed by atoms with van der Waals surface area (Å²) in [5.74, 6) is 0.837. The number of carbonyl (C=O) groups excluding carboxylic acids is 1. The monoisotopic (exact) mass is 465 g/mol. The highest BCUT2D eigenvalue weighted by molar-refractivity contribution is 5.98. The summed E-state index contributed by atoms with van der Waals surface area (Å²) < 4.78 is 5.23. The number of hydrogen-bond acceptors (Lipinski definition) is 9. The van der Waals surface area contributed by atoms with Crippen molar-refractivity contribution in [1.82, 2.24) is 30.0 Å². The lowest BCUT2D eigenvalue weighted by molar-refractivity contribution is 0.0991. The van der Waals surface area contributed by atoms with Crippen LogP contribution in [-0.4, -0.2) is 69.1 Å². The molecule has 1 aliphatic rings. The molecule has 0 aliphatic carbocycles. The number of Topliss-reactive ketones (excluding diaryl/α,β-unsaturated/α-hetero) is 1. The minimum Gasteiger partial charge on any atom is -0.425 e. The van der Waals surface area contributed by atoms with Crippen molar-refractivity contribution in [2.75, 3.05) is 38.1 Å². The molecule has 1 aliphatic heterocycles. The van der Waals surface area contributed by atoms with Crippen LogP contribution >= 0.6 is 0 Å². The number of oxazole rings is 1. The number of nitrogens with zero attached hydrogens (tertiary/aromatic N) is 7. The fourth-order valence-electron chi connectivity index (χ4n) is 4.34. The Morgan fingerprint density at radius 2 is 1.80 bits per heavy atom. The molecule has 1 aromatic carbocycles. The van der Waals surface area contributed by atoms with Gasteiger partial charge in [0.15, 0.2) is 12.2 Å². The van der Waals surface area contributed by atoms with Gasteiger partial charge in [-0.3, -0.25) is 4.79 Å². The van der Waals surface area contributed by atoms with Crippen LogP contribution in [0.15, 0.2) is 65.7 Å². The summed E-state index contributed by atoms with van der Waals surface area (Å²) >= 11 is 0. The molecular formula is C26H23N7O2. The van der Waals surface area contributed by atoms with Gasteiger partial charge in [0.1, 0.15) is 11.3 Å². The van der Waals surface area contributed by atoms with Crippen LogP contribution < -0.4 is 4.90 Å². The van der Waals surface area contributed by atoms with Gasteiger partial charge in [-0.25, -0.2) is 15.0 Å². The first-order valence-corrected chi connectivity index (χ1v) is 11.5. The van der Waals surface area contributed by atoms with Crippen molar-refractivity contribution in [1.29, 1.82) is 0 Å². The highest BCUT2D eigenvalue weighted by Crippen LogP contribution is 2.26. The molecule has 0 saturated carbocycles. The Balaban J connectivity index is 1.24. The molecule has 5 heterocycles. The Labute approximate surface area is 201 Å². The number of likely N-dealkylation sites (N-methyl/N-ethyl adjacent to an activating group) is 1. The molecule has 1 saturated heterocycles. The first-order chi connectivity index (χ1) is 17.1. The minimum atomic E-state index is -0.00624. The zero-order chi connectivity index (χ0) is 23.8.